The van der Waals surface area contributed by atoms with Gasteiger partial charge in [-0.15, -0.1) is 0 Å². The number of methoxy groups -OCH3 is 2. The zero-order valence-corrected chi connectivity index (χ0v) is 18.2. The molecule has 7 heteroatoms. The van der Waals surface area contributed by atoms with Crippen LogP contribution in [0.1, 0.15) is 17.5 Å². The summed E-state index contributed by atoms with van der Waals surface area (Å²) < 4.78 is 10.5. The Bertz CT molecular complexity index is 877. The maximum absolute atomic E-state index is 12.7. The lowest BCUT2D eigenvalue weighted by atomic mass is 10.1. The van der Waals surface area contributed by atoms with Gasteiger partial charge in [0, 0.05) is 37.6 Å². The molecule has 1 aliphatic rings. The van der Waals surface area contributed by atoms with Crippen molar-refractivity contribution in [2.45, 2.75) is 19.3 Å². The lowest BCUT2D eigenvalue weighted by Crippen LogP contribution is -2.51. The van der Waals surface area contributed by atoms with Crippen LogP contribution in [-0.4, -0.2) is 62.0 Å². The number of ether oxygens (including phenoxy) is 2. The molecule has 6 nitrogen and oxygen atoms in total. The van der Waals surface area contributed by atoms with Gasteiger partial charge in [-0.1, -0.05) is 29.8 Å². The Morgan fingerprint density at radius 2 is 1.40 bits per heavy atom. The van der Waals surface area contributed by atoms with Crippen LogP contribution in [0.2, 0.25) is 5.02 Å². The molecule has 160 valence electrons. The molecule has 2 amide bonds. The monoisotopic (exact) mass is 430 g/mol. The van der Waals surface area contributed by atoms with Gasteiger partial charge >= 0.3 is 0 Å². The number of halogens is 1. The van der Waals surface area contributed by atoms with E-state index in [9.17, 15) is 9.59 Å². The Balaban J connectivity index is 1.46. The summed E-state index contributed by atoms with van der Waals surface area (Å²) in [6.07, 6.45) is 1.44. The maximum Gasteiger partial charge on any atom is 0.227 e. The molecule has 0 unspecified atom stereocenters. The number of benzene rings is 2. The average molecular weight is 431 g/mol. The Morgan fingerprint density at radius 1 is 0.833 bits per heavy atom. The average Bonchev–Trinajstić information content (AvgIpc) is 2.78. The Morgan fingerprint density at radius 3 is 2.00 bits per heavy atom. The van der Waals surface area contributed by atoms with Crippen molar-refractivity contribution in [2.75, 3.05) is 40.4 Å². The van der Waals surface area contributed by atoms with Crippen molar-refractivity contribution in [1.29, 1.82) is 0 Å². The largest absolute Gasteiger partial charge is 0.493 e. The normalized spacial score (nSPS) is 13.8. The van der Waals surface area contributed by atoms with Gasteiger partial charge in [-0.3, -0.25) is 9.59 Å². The third kappa shape index (κ3) is 5.66. The van der Waals surface area contributed by atoms with E-state index in [1.807, 2.05) is 46.2 Å². The first-order chi connectivity index (χ1) is 14.5. The first-order valence-electron chi connectivity index (χ1n) is 10.0. The van der Waals surface area contributed by atoms with E-state index in [4.69, 9.17) is 21.1 Å². The number of hydrogen-bond acceptors (Lipinski definition) is 4. The maximum atomic E-state index is 12.7. The molecule has 1 fully saturated rings. The summed E-state index contributed by atoms with van der Waals surface area (Å²) >= 11 is 5.90. The summed E-state index contributed by atoms with van der Waals surface area (Å²) in [6, 6.07) is 13.1. The number of hydrogen-bond donors (Lipinski definition) is 0. The van der Waals surface area contributed by atoms with E-state index >= 15 is 0 Å². The molecule has 1 saturated heterocycles. The number of piperazine rings is 1. The van der Waals surface area contributed by atoms with E-state index in [0.29, 0.717) is 62.0 Å². The van der Waals surface area contributed by atoms with Gasteiger partial charge in [0.15, 0.2) is 11.5 Å². The van der Waals surface area contributed by atoms with E-state index in [0.717, 1.165) is 11.1 Å². The van der Waals surface area contributed by atoms with Crippen molar-refractivity contribution >= 4 is 23.4 Å². The van der Waals surface area contributed by atoms with Gasteiger partial charge in [-0.05, 0) is 41.8 Å². The molecule has 0 atom stereocenters. The summed E-state index contributed by atoms with van der Waals surface area (Å²) in [6.45, 7) is 2.24. The summed E-state index contributed by atoms with van der Waals surface area (Å²) in [5, 5.41) is 0.693. The molecule has 0 aromatic heterocycles. The summed E-state index contributed by atoms with van der Waals surface area (Å²) in [4.78, 5) is 28.8. The standard InChI is InChI=1S/C23H27ClN2O4/c1-29-20-9-5-18(15-21(20)30-2)16-23(28)26-13-11-25(12-14-26)22(27)10-6-17-3-7-19(24)8-4-17/h3-5,7-9,15H,6,10-14,16H2,1-2H3. The van der Waals surface area contributed by atoms with Crippen LogP contribution in [0.4, 0.5) is 0 Å². The topological polar surface area (TPSA) is 59.1 Å². The van der Waals surface area contributed by atoms with Crippen molar-refractivity contribution in [3.63, 3.8) is 0 Å². The smallest absolute Gasteiger partial charge is 0.227 e. The predicted octanol–water partition coefficient (Wildman–Crippen LogP) is 3.20. The fraction of sp³-hybridized carbons (Fsp3) is 0.391. The molecule has 2 aromatic carbocycles. The van der Waals surface area contributed by atoms with Crippen molar-refractivity contribution in [3.05, 3.63) is 58.6 Å². The van der Waals surface area contributed by atoms with Gasteiger partial charge in [-0.2, -0.15) is 0 Å². The second-order valence-electron chi connectivity index (χ2n) is 7.25. The van der Waals surface area contributed by atoms with Crippen LogP contribution in [0.3, 0.4) is 0 Å². The number of nitrogens with zero attached hydrogens (tertiary/aromatic N) is 2. The number of amides is 2. The molecular weight excluding hydrogens is 404 g/mol. The van der Waals surface area contributed by atoms with Gasteiger partial charge in [0.2, 0.25) is 11.8 Å². The molecule has 30 heavy (non-hydrogen) atoms. The zero-order valence-electron chi connectivity index (χ0n) is 17.4. The van der Waals surface area contributed by atoms with Crippen LogP contribution in [0, 0.1) is 0 Å². The van der Waals surface area contributed by atoms with Crippen molar-refractivity contribution in [1.82, 2.24) is 9.80 Å². The van der Waals surface area contributed by atoms with Crippen LogP contribution in [0.5, 0.6) is 11.5 Å². The molecule has 0 saturated carbocycles. The number of carbonyl (C=O) groups is 2. The molecule has 0 aliphatic carbocycles. The van der Waals surface area contributed by atoms with Crippen LogP contribution in [0.15, 0.2) is 42.5 Å². The van der Waals surface area contributed by atoms with Gasteiger partial charge in [0.25, 0.3) is 0 Å². The molecule has 1 heterocycles. The van der Waals surface area contributed by atoms with Crippen LogP contribution in [0.25, 0.3) is 0 Å². The molecule has 0 radical (unpaired) electrons. The molecule has 2 aromatic rings. The van der Waals surface area contributed by atoms with E-state index in [1.165, 1.54) is 0 Å². The van der Waals surface area contributed by atoms with Gasteiger partial charge < -0.3 is 19.3 Å². The highest BCUT2D eigenvalue weighted by molar-refractivity contribution is 6.30. The first kappa shape index (κ1) is 22.0. The van der Waals surface area contributed by atoms with Crippen molar-refractivity contribution < 1.29 is 19.1 Å². The number of aryl methyl sites for hydroxylation is 1. The molecule has 0 bridgehead atoms. The van der Waals surface area contributed by atoms with E-state index < -0.39 is 0 Å². The lowest BCUT2D eigenvalue weighted by Gasteiger charge is -2.35. The lowest BCUT2D eigenvalue weighted by molar-refractivity contribution is -0.139. The molecule has 3 rings (SSSR count). The van der Waals surface area contributed by atoms with Gasteiger partial charge in [-0.25, -0.2) is 0 Å². The van der Waals surface area contributed by atoms with Crippen molar-refractivity contribution in [3.8, 4) is 11.5 Å². The highest BCUT2D eigenvalue weighted by Gasteiger charge is 2.24. The van der Waals surface area contributed by atoms with Crippen molar-refractivity contribution in [2.24, 2.45) is 0 Å². The Hall–Kier alpha value is -2.73. The highest BCUT2D eigenvalue weighted by atomic mass is 35.5. The summed E-state index contributed by atoms with van der Waals surface area (Å²) in [5.74, 6) is 1.42. The summed E-state index contributed by atoms with van der Waals surface area (Å²) in [7, 11) is 3.16. The number of rotatable bonds is 7. The van der Waals surface area contributed by atoms with E-state index in [1.54, 1.807) is 20.3 Å². The summed E-state index contributed by atoms with van der Waals surface area (Å²) in [5.41, 5.74) is 1.97. The second kappa shape index (κ2) is 10.3. The fourth-order valence-corrected chi connectivity index (χ4v) is 3.67. The minimum absolute atomic E-state index is 0.0514. The Kier molecular flexibility index (Phi) is 7.57. The van der Waals surface area contributed by atoms with Gasteiger partial charge in [0.05, 0.1) is 20.6 Å². The predicted molar refractivity (Wildman–Crippen MR) is 116 cm³/mol. The molecular formula is C23H27ClN2O4. The fourth-order valence-electron chi connectivity index (χ4n) is 3.54. The van der Waals surface area contributed by atoms with Crippen LogP contribution in [-0.2, 0) is 22.4 Å². The third-order valence-electron chi connectivity index (χ3n) is 5.33. The minimum Gasteiger partial charge on any atom is -0.493 e. The van der Waals surface area contributed by atoms with Gasteiger partial charge in [0.1, 0.15) is 0 Å². The van der Waals surface area contributed by atoms with E-state index in [-0.39, 0.29) is 11.8 Å². The first-order valence-corrected chi connectivity index (χ1v) is 10.4. The molecule has 1 aliphatic heterocycles. The number of carbonyl (C=O) groups excluding carboxylic acids is 2. The Labute approximate surface area is 182 Å². The van der Waals surface area contributed by atoms with E-state index in [2.05, 4.69) is 0 Å². The van der Waals surface area contributed by atoms with Crippen LogP contribution >= 0.6 is 11.6 Å². The highest BCUT2D eigenvalue weighted by Crippen LogP contribution is 2.28. The SMILES string of the molecule is COc1ccc(CC(=O)N2CCN(C(=O)CCc3ccc(Cl)cc3)CC2)cc1OC. The molecule has 0 N–H and O–H groups in total. The zero-order chi connectivity index (χ0) is 21.5. The third-order valence-corrected chi connectivity index (χ3v) is 5.58. The van der Waals surface area contributed by atoms with Crippen LogP contribution < -0.4 is 9.47 Å². The second-order valence-corrected chi connectivity index (χ2v) is 7.69. The minimum atomic E-state index is 0.0514. The molecule has 0 spiro atoms. The quantitative estimate of drug-likeness (QED) is 0.676.